The molecule has 2 aliphatic heterocycles. The minimum atomic E-state index is -1.11. The van der Waals surface area contributed by atoms with Crippen LogP contribution in [0.15, 0.2) is 46.7 Å². The number of benzene rings is 1. The number of hydrogen-bond donors (Lipinski definition) is 2. The number of carbonyl (C=O) groups excluding carboxylic acids is 2. The Hall–Kier alpha value is -3.17. The summed E-state index contributed by atoms with van der Waals surface area (Å²) in [6, 6.07) is 5.38. The van der Waals surface area contributed by atoms with Gasteiger partial charge in [0.05, 0.1) is 36.3 Å². The Morgan fingerprint density at radius 2 is 1.85 bits per heavy atom. The van der Waals surface area contributed by atoms with Gasteiger partial charge in [-0.1, -0.05) is 28.4 Å². The van der Waals surface area contributed by atoms with E-state index in [2.05, 4.69) is 32.0 Å². The monoisotopic (exact) mass is 538 g/mol. The zero-order valence-corrected chi connectivity index (χ0v) is 22.8. The van der Waals surface area contributed by atoms with Gasteiger partial charge in [0, 0.05) is 18.3 Å². The summed E-state index contributed by atoms with van der Waals surface area (Å²) < 4.78 is 10.8. The molecule has 5 rings (SSSR count). The number of ether oxygens (including phenoxy) is 2. The molecule has 2 amide bonds. The van der Waals surface area contributed by atoms with Crippen LogP contribution in [-0.4, -0.2) is 58.2 Å². The lowest BCUT2D eigenvalue weighted by molar-refractivity contribution is -0.142. The third-order valence-electron chi connectivity index (χ3n) is 8.43. The van der Waals surface area contributed by atoms with Gasteiger partial charge in [0.2, 0.25) is 18.6 Å². The predicted octanol–water partition coefficient (Wildman–Crippen LogP) is 3.73. The molecule has 0 radical (unpaired) electrons. The number of aliphatic hydroxyl groups is 2. The molecule has 0 spiro atoms. The number of rotatable bonds is 8. The Morgan fingerprint density at radius 3 is 2.64 bits per heavy atom. The van der Waals surface area contributed by atoms with Crippen molar-refractivity contribution in [3.8, 4) is 11.5 Å². The van der Waals surface area contributed by atoms with Gasteiger partial charge in [-0.25, -0.2) is 0 Å². The highest BCUT2D eigenvalue weighted by Gasteiger charge is 2.59. The fraction of sp³-hybridized carbons (Fsp3) is 0.567. The van der Waals surface area contributed by atoms with E-state index in [0.29, 0.717) is 36.7 Å². The number of nitrogens with zero attached hydrogens (tertiary/aromatic N) is 2. The molecule has 3 fully saturated rings. The van der Waals surface area contributed by atoms with Gasteiger partial charge in [-0.15, -0.1) is 0 Å². The minimum absolute atomic E-state index is 0.126. The number of aliphatic hydroxyl groups excluding tert-OH is 2. The second-order valence-electron chi connectivity index (χ2n) is 11.4. The normalized spacial score (nSPS) is 30.8. The Balaban J connectivity index is 1.28. The number of carbonyl (C=O) groups is 2. The number of hydrogen-bond acceptors (Lipinski definition) is 8. The first-order valence-electron chi connectivity index (χ1n) is 13.8. The summed E-state index contributed by atoms with van der Waals surface area (Å²) in [5, 5.41) is 26.1. The number of fused-ring (bicyclic) bond motifs is 4. The fourth-order valence-corrected chi connectivity index (χ4v) is 6.41. The third-order valence-corrected chi connectivity index (χ3v) is 8.43. The molecule has 9 heteroatoms. The van der Waals surface area contributed by atoms with Crippen molar-refractivity contribution in [2.45, 2.75) is 71.6 Å². The third kappa shape index (κ3) is 5.61. The average molecular weight is 539 g/mol. The number of imide groups is 1. The molecule has 39 heavy (non-hydrogen) atoms. The molecule has 0 unspecified atom stereocenters. The quantitative estimate of drug-likeness (QED) is 0.224. The van der Waals surface area contributed by atoms with E-state index in [-0.39, 0.29) is 37.5 Å². The number of oxime groups is 1. The van der Waals surface area contributed by atoms with Crippen LogP contribution in [0.5, 0.6) is 11.5 Å². The van der Waals surface area contributed by atoms with Crippen LogP contribution in [0.25, 0.3) is 0 Å². The SMILES string of the molecule is CC(C)=CCC/C(C)=C/CO/N=C1/C[C@@H](O)[C@@H](O)[C@@H]2[C@@H]3C(=O)N(Cc4ccc5c(c4)OCO5)C(=O)[C@H]3CC[C@H]12. The van der Waals surface area contributed by atoms with E-state index in [1.54, 1.807) is 12.1 Å². The van der Waals surface area contributed by atoms with Gasteiger partial charge in [-0.05, 0) is 70.2 Å². The van der Waals surface area contributed by atoms with E-state index in [9.17, 15) is 19.8 Å². The van der Waals surface area contributed by atoms with Gasteiger partial charge in [0.25, 0.3) is 0 Å². The summed E-state index contributed by atoms with van der Waals surface area (Å²) in [7, 11) is 0. The summed E-state index contributed by atoms with van der Waals surface area (Å²) >= 11 is 0. The lowest BCUT2D eigenvalue weighted by atomic mass is 9.60. The minimum Gasteiger partial charge on any atom is -0.454 e. The molecule has 1 saturated heterocycles. The van der Waals surface area contributed by atoms with E-state index in [4.69, 9.17) is 14.3 Å². The smallest absolute Gasteiger partial charge is 0.233 e. The maximum absolute atomic E-state index is 13.6. The van der Waals surface area contributed by atoms with Crippen LogP contribution in [0.4, 0.5) is 0 Å². The van der Waals surface area contributed by atoms with Crippen molar-refractivity contribution in [1.82, 2.24) is 4.90 Å². The van der Waals surface area contributed by atoms with Crippen LogP contribution in [0, 0.1) is 23.7 Å². The van der Waals surface area contributed by atoms with Crippen molar-refractivity contribution in [2.75, 3.05) is 13.4 Å². The summed E-state index contributed by atoms with van der Waals surface area (Å²) in [4.78, 5) is 33.9. The predicted molar refractivity (Wildman–Crippen MR) is 144 cm³/mol. The van der Waals surface area contributed by atoms with E-state index < -0.39 is 30.0 Å². The Labute approximate surface area is 229 Å². The summed E-state index contributed by atoms with van der Waals surface area (Å²) in [5.74, 6) is -1.33. The lowest BCUT2D eigenvalue weighted by Crippen LogP contribution is -2.54. The first kappa shape index (κ1) is 27.4. The highest BCUT2D eigenvalue weighted by molar-refractivity contribution is 6.06. The molecular formula is C30H38N2O7. The van der Waals surface area contributed by atoms with Crippen LogP contribution in [0.1, 0.15) is 58.4 Å². The maximum Gasteiger partial charge on any atom is 0.233 e. The van der Waals surface area contributed by atoms with Crippen LogP contribution in [0.2, 0.25) is 0 Å². The highest BCUT2D eigenvalue weighted by atomic mass is 16.7. The highest BCUT2D eigenvalue weighted by Crippen LogP contribution is 2.50. The molecule has 2 saturated carbocycles. The fourth-order valence-electron chi connectivity index (χ4n) is 6.41. The molecule has 1 aromatic carbocycles. The van der Waals surface area contributed by atoms with Crippen molar-refractivity contribution in [2.24, 2.45) is 28.8 Å². The van der Waals surface area contributed by atoms with Crippen molar-refractivity contribution in [1.29, 1.82) is 0 Å². The molecule has 9 nitrogen and oxygen atoms in total. The lowest BCUT2D eigenvalue weighted by Gasteiger charge is -2.45. The summed E-state index contributed by atoms with van der Waals surface area (Å²) in [5.41, 5.74) is 3.93. The van der Waals surface area contributed by atoms with Crippen LogP contribution >= 0.6 is 0 Å². The van der Waals surface area contributed by atoms with Crippen molar-refractivity contribution < 1.29 is 34.1 Å². The van der Waals surface area contributed by atoms with E-state index in [1.165, 1.54) is 16.0 Å². The molecular weight excluding hydrogens is 500 g/mol. The molecule has 0 aromatic heterocycles. The van der Waals surface area contributed by atoms with Crippen molar-refractivity contribution in [3.05, 3.63) is 47.1 Å². The Kier molecular flexibility index (Phi) is 8.09. The second-order valence-corrected chi connectivity index (χ2v) is 11.4. The van der Waals surface area contributed by atoms with E-state index >= 15 is 0 Å². The van der Waals surface area contributed by atoms with Gasteiger partial charge in [0.1, 0.15) is 6.61 Å². The van der Waals surface area contributed by atoms with Crippen LogP contribution in [0.3, 0.4) is 0 Å². The summed E-state index contributed by atoms with van der Waals surface area (Å²) in [6.45, 7) is 6.81. The maximum atomic E-state index is 13.6. The van der Waals surface area contributed by atoms with E-state index in [0.717, 1.165) is 18.4 Å². The van der Waals surface area contributed by atoms with Gasteiger partial charge in [-0.2, -0.15) is 0 Å². The van der Waals surface area contributed by atoms with Gasteiger partial charge in [0.15, 0.2) is 11.5 Å². The second kappa shape index (κ2) is 11.5. The van der Waals surface area contributed by atoms with Gasteiger partial charge >= 0.3 is 0 Å². The largest absolute Gasteiger partial charge is 0.454 e. The zero-order valence-electron chi connectivity index (χ0n) is 22.8. The molecule has 4 aliphatic rings. The molecule has 2 aliphatic carbocycles. The topological polar surface area (TPSA) is 118 Å². The molecule has 210 valence electrons. The first-order valence-corrected chi connectivity index (χ1v) is 13.8. The van der Waals surface area contributed by atoms with Gasteiger partial charge in [-0.3, -0.25) is 14.5 Å². The van der Waals surface area contributed by atoms with Gasteiger partial charge < -0.3 is 24.5 Å². The molecule has 0 bridgehead atoms. The zero-order chi connectivity index (χ0) is 27.7. The summed E-state index contributed by atoms with van der Waals surface area (Å²) in [6.07, 6.45) is 5.27. The Morgan fingerprint density at radius 1 is 1.08 bits per heavy atom. The molecule has 2 heterocycles. The van der Waals surface area contributed by atoms with E-state index in [1.807, 2.05) is 12.1 Å². The van der Waals surface area contributed by atoms with Crippen LogP contribution in [-0.2, 0) is 21.0 Å². The van der Waals surface area contributed by atoms with Crippen molar-refractivity contribution >= 4 is 17.5 Å². The number of amides is 2. The standard InChI is InChI=1S/C30H38N2O7/c1-17(2)5-4-6-18(3)11-12-39-31-22-14-23(33)28(34)26-20(22)8-9-21-27(26)30(36)32(29(21)35)15-19-7-10-24-25(13-19)38-16-37-24/h5,7,10-11,13,20-21,23,26-28,33-34H,4,6,8-9,12,14-16H2,1-3H3/b18-11+,31-22-/t20-,21+,23-,26+,27-,28-/m1/s1. The first-order chi connectivity index (χ1) is 18.7. The number of allylic oxidation sites excluding steroid dienone is 3. The van der Waals surface area contributed by atoms with Crippen molar-refractivity contribution in [3.63, 3.8) is 0 Å². The van der Waals surface area contributed by atoms with Crippen LogP contribution < -0.4 is 9.47 Å². The molecule has 1 aromatic rings. The molecule has 2 N–H and O–H groups in total. The molecule has 6 atom stereocenters. The number of likely N-dealkylation sites (tertiary alicyclic amines) is 1. The Bertz CT molecular complexity index is 1200. The average Bonchev–Trinajstić information content (AvgIpc) is 3.47.